The van der Waals surface area contributed by atoms with E-state index in [4.69, 9.17) is 9.29 Å². The molecule has 1 unspecified atom stereocenters. The summed E-state index contributed by atoms with van der Waals surface area (Å²) in [5, 5.41) is 12.5. The molecule has 19 heavy (non-hydrogen) atoms. The maximum atomic E-state index is 10.6. The Morgan fingerprint density at radius 1 is 1.42 bits per heavy atom. The van der Waals surface area contributed by atoms with E-state index in [0.717, 1.165) is 23.4 Å². The molecule has 1 aromatic carbocycles. The summed E-state index contributed by atoms with van der Waals surface area (Å²) in [4.78, 5) is 0. The second-order valence-electron chi connectivity index (χ2n) is 4.12. The molecule has 0 aliphatic rings. The molecule has 0 saturated carbocycles. The smallest absolute Gasteiger partial charge is 0.267 e. The molecule has 0 bridgehead atoms. The van der Waals surface area contributed by atoms with Crippen LogP contribution < -0.4 is 10.1 Å². The van der Waals surface area contributed by atoms with Gasteiger partial charge in [0.1, 0.15) is 11.5 Å². The first-order valence-corrected chi connectivity index (χ1v) is 7.51. The van der Waals surface area contributed by atoms with E-state index in [1.54, 1.807) is 13.2 Å². The van der Waals surface area contributed by atoms with E-state index in [0.29, 0.717) is 0 Å². The van der Waals surface area contributed by atoms with Crippen molar-refractivity contribution in [3.8, 4) is 5.75 Å². The third-order valence-corrected chi connectivity index (χ3v) is 3.44. The number of hydrogen-bond donors (Lipinski definition) is 3. The van der Waals surface area contributed by atoms with Gasteiger partial charge in [-0.2, -0.15) is 8.42 Å². The molecule has 0 aliphatic carbocycles. The third-order valence-electron chi connectivity index (χ3n) is 2.64. The Morgan fingerprint density at radius 3 is 2.63 bits per heavy atom. The van der Waals surface area contributed by atoms with E-state index in [9.17, 15) is 13.5 Å². The fraction of sp³-hybridized carbons (Fsp3) is 0.500. The first-order chi connectivity index (χ1) is 8.87. The number of methoxy groups -OCH3 is 1. The minimum Gasteiger partial charge on any atom is -0.496 e. The topological polar surface area (TPSA) is 95.9 Å². The number of nitrogens with one attached hydrogen (secondary N) is 1. The van der Waals surface area contributed by atoms with Gasteiger partial charge in [-0.15, -0.1) is 0 Å². The first kappa shape index (κ1) is 15.7. The van der Waals surface area contributed by atoms with Crippen LogP contribution in [-0.4, -0.2) is 43.6 Å². The highest BCUT2D eigenvalue weighted by Gasteiger charge is 2.15. The van der Waals surface area contributed by atoms with Gasteiger partial charge in [0.15, 0.2) is 0 Å². The van der Waals surface area contributed by atoms with Gasteiger partial charge >= 0.3 is 0 Å². The second-order valence-corrected chi connectivity index (χ2v) is 5.62. The summed E-state index contributed by atoms with van der Waals surface area (Å²) < 4.78 is 35.1. The Kier molecular flexibility index (Phi) is 5.59. The van der Waals surface area contributed by atoms with Gasteiger partial charge < -0.3 is 15.2 Å². The number of ether oxygens (including phenoxy) is 1. The molecule has 0 heterocycles. The molecule has 7 heteroatoms. The van der Waals surface area contributed by atoms with Crippen molar-refractivity contribution < 1.29 is 22.8 Å². The van der Waals surface area contributed by atoms with Gasteiger partial charge in [0.05, 0.1) is 13.2 Å². The van der Waals surface area contributed by atoms with E-state index in [1.807, 2.05) is 19.1 Å². The van der Waals surface area contributed by atoms with Gasteiger partial charge in [-0.25, -0.2) is 0 Å². The summed E-state index contributed by atoms with van der Waals surface area (Å²) in [5.41, 5.74) is 1.72. The zero-order valence-corrected chi connectivity index (χ0v) is 11.8. The molecule has 0 fully saturated rings. The van der Waals surface area contributed by atoms with Crippen LogP contribution in [0, 0.1) is 0 Å². The average Bonchev–Trinajstić information content (AvgIpc) is 2.33. The lowest BCUT2D eigenvalue weighted by molar-refractivity contribution is 0.208. The van der Waals surface area contributed by atoms with Crippen molar-refractivity contribution in [3.63, 3.8) is 0 Å². The maximum absolute atomic E-state index is 10.6. The van der Waals surface area contributed by atoms with E-state index in [2.05, 4.69) is 5.32 Å². The summed E-state index contributed by atoms with van der Waals surface area (Å²) >= 11 is 0. The number of aliphatic hydroxyl groups is 1. The number of hydrogen-bond acceptors (Lipinski definition) is 5. The molecular formula is C12H19NO5S. The van der Waals surface area contributed by atoms with Gasteiger partial charge in [-0.05, 0) is 18.6 Å². The summed E-state index contributed by atoms with van der Waals surface area (Å²) in [6, 6.07) is 5.45. The van der Waals surface area contributed by atoms with Crippen molar-refractivity contribution in [1.82, 2.24) is 0 Å². The van der Waals surface area contributed by atoms with Gasteiger partial charge in [0, 0.05) is 17.8 Å². The van der Waals surface area contributed by atoms with Crippen LogP contribution in [-0.2, 0) is 16.5 Å². The normalized spacial score (nSPS) is 13.1. The van der Waals surface area contributed by atoms with Gasteiger partial charge in [0.25, 0.3) is 10.1 Å². The number of anilines is 1. The minimum atomic E-state index is -4.17. The van der Waals surface area contributed by atoms with Crippen LogP contribution in [0.15, 0.2) is 18.2 Å². The monoisotopic (exact) mass is 289 g/mol. The van der Waals surface area contributed by atoms with Crippen molar-refractivity contribution in [2.75, 3.05) is 24.7 Å². The van der Waals surface area contributed by atoms with E-state index in [-0.39, 0.29) is 6.54 Å². The van der Waals surface area contributed by atoms with E-state index >= 15 is 0 Å². The highest BCUT2D eigenvalue weighted by Crippen LogP contribution is 2.26. The molecule has 0 radical (unpaired) electrons. The van der Waals surface area contributed by atoms with Crippen molar-refractivity contribution in [3.05, 3.63) is 23.8 Å². The number of rotatable bonds is 7. The van der Waals surface area contributed by atoms with Crippen LogP contribution in [0.1, 0.15) is 12.5 Å². The van der Waals surface area contributed by atoms with Crippen molar-refractivity contribution in [1.29, 1.82) is 0 Å². The molecule has 0 saturated heterocycles. The molecule has 1 atom stereocenters. The standard InChI is InChI=1S/C12H19NO5S/c1-3-10-11(5-4-6-12(10)18-2)13-7-9(14)8-19(15,16)17/h4-6,9,13-14H,3,7-8H2,1-2H3,(H,15,16,17). The molecule has 0 spiro atoms. The lowest BCUT2D eigenvalue weighted by Crippen LogP contribution is -2.28. The third kappa shape index (κ3) is 5.06. The van der Waals surface area contributed by atoms with E-state index < -0.39 is 22.0 Å². The summed E-state index contributed by atoms with van der Waals surface area (Å²) in [7, 11) is -2.60. The SMILES string of the molecule is CCc1c(NCC(O)CS(=O)(=O)O)cccc1OC. The fourth-order valence-electron chi connectivity index (χ4n) is 1.82. The Labute approximate surface area is 113 Å². The lowest BCUT2D eigenvalue weighted by Gasteiger charge is -2.16. The summed E-state index contributed by atoms with van der Waals surface area (Å²) in [5.74, 6) is 0.0441. The second kappa shape index (κ2) is 6.74. The minimum absolute atomic E-state index is 0.0277. The molecule has 0 amide bonds. The maximum Gasteiger partial charge on any atom is 0.267 e. The Bertz CT molecular complexity index is 515. The average molecular weight is 289 g/mol. The van der Waals surface area contributed by atoms with Crippen molar-refractivity contribution >= 4 is 15.8 Å². The molecule has 6 nitrogen and oxygen atoms in total. The molecule has 108 valence electrons. The van der Waals surface area contributed by atoms with Crippen LogP contribution in [0.2, 0.25) is 0 Å². The zero-order chi connectivity index (χ0) is 14.5. The predicted molar refractivity (Wildman–Crippen MR) is 73.3 cm³/mol. The molecule has 3 N–H and O–H groups in total. The fourth-order valence-corrected chi connectivity index (χ4v) is 2.42. The van der Waals surface area contributed by atoms with Crippen LogP contribution in [0.5, 0.6) is 5.75 Å². The molecular weight excluding hydrogens is 270 g/mol. The highest BCUT2D eigenvalue weighted by atomic mass is 32.2. The molecule has 0 aliphatic heterocycles. The van der Waals surface area contributed by atoms with Crippen LogP contribution in [0.3, 0.4) is 0 Å². The Morgan fingerprint density at radius 2 is 2.11 bits per heavy atom. The summed E-state index contributed by atoms with van der Waals surface area (Å²) in [6.07, 6.45) is -0.438. The van der Waals surface area contributed by atoms with Crippen molar-refractivity contribution in [2.45, 2.75) is 19.4 Å². The van der Waals surface area contributed by atoms with Gasteiger partial charge in [-0.3, -0.25) is 4.55 Å². The number of benzene rings is 1. The first-order valence-electron chi connectivity index (χ1n) is 5.90. The van der Waals surface area contributed by atoms with Crippen molar-refractivity contribution in [2.24, 2.45) is 0 Å². The molecule has 0 aromatic heterocycles. The predicted octanol–water partition coefficient (Wildman–Crippen LogP) is 0.918. The van der Waals surface area contributed by atoms with Crippen LogP contribution in [0.25, 0.3) is 0 Å². The molecule has 1 aromatic rings. The Balaban J connectivity index is 2.72. The van der Waals surface area contributed by atoms with Crippen LogP contribution in [0.4, 0.5) is 5.69 Å². The van der Waals surface area contributed by atoms with Crippen LogP contribution >= 0.6 is 0 Å². The molecule has 1 rings (SSSR count). The lowest BCUT2D eigenvalue weighted by atomic mass is 10.1. The highest BCUT2D eigenvalue weighted by molar-refractivity contribution is 7.85. The quantitative estimate of drug-likeness (QED) is 0.646. The largest absolute Gasteiger partial charge is 0.496 e. The Hall–Kier alpha value is -1.31. The van der Waals surface area contributed by atoms with E-state index in [1.165, 1.54) is 0 Å². The number of aliphatic hydroxyl groups excluding tert-OH is 1. The summed E-state index contributed by atoms with van der Waals surface area (Å²) in [6.45, 7) is 2.00. The van der Waals surface area contributed by atoms with Gasteiger partial charge in [-0.1, -0.05) is 13.0 Å². The zero-order valence-electron chi connectivity index (χ0n) is 11.0. The van der Waals surface area contributed by atoms with Gasteiger partial charge in [0.2, 0.25) is 0 Å².